The van der Waals surface area contributed by atoms with Gasteiger partial charge in [0.1, 0.15) is 22.8 Å². The van der Waals surface area contributed by atoms with E-state index in [0.29, 0.717) is 29.4 Å². The van der Waals surface area contributed by atoms with Gasteiger partial charge in [-0.3, -0.25) is 9.88 Å². The van der Waals surface area contributed by atoms with Crippen LogP contribution in [0.5, 0.6) is 11.5 Å². The smallest absolute Gasteiger partial charge is 0.338 e. The lowest BCUT2D eigenvalue weighted by Gasteiger charge is -2.39. The third kappa shape index (κ3) is 4.93. The van der Waals surface area contributed by atoms with Gasteiger partial charge in [0.25, 0.3) is 0 Å². The molecule has 5 heterocycles. The second-order valence-corrected chi connectivity index (χ2v) is 12.3. The second kappa shape index (κ2) is 11.2. The second-order valence-electron chi connectivity index (χ2n) is 11.8. The Morgan fingerprint density at radius 3 is 2.75 bits per heavy atom. The number of benzene rings is 2. The van der Waals surface area contributed by atoms with E-state index >= 15 is 0 Å². The molecule has 3 atom stereocenters. The molecule has 0 spiro atoms. The molecule has 0 amide bonds. The first kappa shape index (κ1) is 28.8. The topological polar surface area (TPSA) is 87.9 Å². The number of carbonyl (C=O) groups excluding carboxylic acids is 1. The van der Waals surface area contributed by atoms with Crippen LogP contribution < -0.4 is 9.47 Å². The summed E-state index contributed by atoms with van der Waals surface area (Å²) < 4.78 is 25.5. The molecule has 7 rings (SSSR count). The van der Waals surface area contributed by atoms with Crippen LogP contribution in [-0.2, 0) is 34.6 Å². The fourth-order valence-electron chi connectivity index (χ4n) is 6.51. The average molecular weight is 615 g/mol. The van der Waals surface area contributed by atoms with Crippen LogP contribution in [0.15, 0.2) is 48.7 Å². The van der Waals surface area contributed by atoms with Crippen molar-refractivity contribution in [3.8, 4) is 11.5 Å². The molecule has 0 bridgehead atoms. The maximum absolute atomic E-state index is 12.5. The van der Waals surface area contributed by atoms with Gasteiger partial charge in [-0.25, -0.2) is 9.78 Å². The van der Waals surface area contributed by atoms with E-state index in [1.807, 2.05) is 25.1 Å². The number of rotatable bonds is 7. The van der Waals surface area contributed by atoms with Crippen molar-refractivity contribution >= 4 is 34.7 Å². The summed E-state index contributed by atoms with van der Waals surface area (Å²) in [5.74, 6) is 1.91. The first-order valence-corrected chi connectivity index (χ1v) is 15.3. The molecule has 10 heteroatoms. The van der Waals surface area contributed by atoms with Gasteiger partial charge in [-0.2, -0.15) is 0 Å². The number of halogens is 1. The van der Waals surface area contributed by atoms with Gasteiger partial charge in [-0.15, -0.1) is 0 Å². The number of methoxy groups -OCH3 is 2. The Balaban J connectivity index is 1.25. The number of nitrogens with zero attached hydrogens (tertiary/aromatic N) is 4. The summed E-state index contributed by atoms with van der Waals surface area (Å²) >= 11 is 6.13. The highest BCUT2D eigenvalue weighted by atomic mass is 35.5. The van der Waals surface area contributed by atoms with Gasteiger partial charge in [-0.1, -0.05) is 29.8 Å². The molecule has 0 N–H and O–H groups in total. The highest BCUT2D eigenvalue weighted by molar-refractivity contribution is 6.30. The third-order valence-corrected chi connectivity index (χ3v) is 9.37. The predicted octanol–water partition coefficient (Wildman–Crippen LogP) is 6.11. The molecule has 1 fully saturated rings. The molecule has 2 aromatic heterocycles. The van der Waals surface area contributed by atoms with Crippen LogP contribution in [0.4, 0.5) is 0 Å². The average Bonchev–Trinajstić information content (AvgIpc) is 3.35. The number of ether oxygens (including phenoxy) is 4. The zero-order valence-corrected chi connectivity index (χ0v) is 26.1. The Labute approximate surface area is 261 Å². The van der Waals surface area contributed by atoms with Crippen molar-refractivity contribution in [1.82, 2.24) is 19.4 Å². The van der Waals surface area contributed by atoms with Crippen LogP contribution in [0.25, 0.3) is 17.1 Å². The first-order valence-electron chi connectivity index (χ1n) is 14.9. The number of esters is 1. The molecule has 3 aliphatic rings. The van der Waals surface area contributed by atoms with Gasteiger partial charge >= 0.3 is 5.97 Å². The van der Waals surface area contributed by atoms with Crippen molar-refractivity contribution < 1.29 is 23.7 Å². The molecule has 0 radical (unpaired) electrons. The number of imidazole rings is 1. The molecule has 2 aromatic carbocycles. The van der Waals surface area contributed by atoms with Crippen LogP contribution in [0.3, 0.4) is 0 Å². The fourth-order valence-corrected chi connectivity index (χ4v) is 6.62. The van der Waals surface area contributed by atoms with Crippen LogP contribution >= 0.6 is 11.6 Å². The number of fused-ring (bicyclic) bond motifs is 4. The van der Waals surface area contributed by atoms with Gasteiger partial charge in [0.2, 0.25) is 0 Å². The maximum Gasteiger partial charge on any atom is 0.338 e. The lowest BCUT2D eigenvalue weighted by Crippen LogP contribution is -2.37. The summed E-state index contributed by atoms with van der Waals surface area (Å²) in [6.07, 6.45) is 7.82. The van der Waals surface area contributed by atoms with Crippen molar-refractivity contribution in [1.29, 1.82) is 0 Å². The number of aromatic nitrogens is 3. The highest BCUT2D eigenvalue weighted by Gasteiger charge is 2.37. The fraction of sp³-hybridized carbons (Fsp3) is 0.382. The molecule has 9 nitrogen and oxygen atoms in total. The van der Waals surface area contributed by atoms with Crippen LogP contribution in [0.2, 0.25) is 5.02 Å². The molecular formula is C34H35ClN4O5. The van der Waals surface area contributed by atoms with Crippen LogP contribution in [-0.4, -0.2) is 58.9 Å². The normalized spacial score (nSPS) is 22.6. The highest BCUT2D eigenvalue weighted by Crippen LogP contribution is 2.45. The molecule has 3 aliphatic heterocycles. The summed E-state index contributed by atoms with van der Waals surface area (Å²) in [4.78, 5) is 24.6. The lowest BCUT2D eigenvalue weighted by molar-refractivity contribution is -0.0592. The van der Waals surface area contributed by atoms with E-state index in [2.05, 4.69) is 45.7 Å². The molecule has 4 aromatic rings. The van der Waals surface area contributed by atoms with E-state index < -0.39 is 11.6 Å². The lowest BCUT2D eigenvalue weighted by atomic mass is 9.87. The number of carbonyl (C=O) groups is 1. The Kier molecular flexibility index (Phi) is 7.35. The van der Waals surface area contributed by atoms with E-state index in [-0.39, 0.29) is 12.1 Å². The Hall–Kier alpha value is -3.92. The Morgan fingerprint density at radius 1 is 1.20 bits per heavy atom. The Bertz CT molecular complexity index is 1780. The molecule has 0 saturated carbocycles. The predicted molar refractivity (Wildman–Crippen MR) is 167 cm³/mol. The molecular weight excluding hydrogens is 580 g/mol. The van der Waals surface area contributed by atoms with E-state index in [4.69, 9.17) is 35.5 Å². The minimum Gasteiger partial charge on any atom is -0.494 e. The minimum absolute atomic E-state index is 0.0587. The van der Waals surface area contributed by atoms with Crippen molar-refractivity contribution in [2.45, 2.75) is 57.5 Å². The van der Waals surface area contributed by atoms with Crippen LogP contribution in [0.1, 0.15) is 64.9 Å². The summed E-state index contributed by atoms with van der Waals surface area (Å²) in [6, 6.07) is 11.7. The number of hydrogen-bond donors (Lipinski definition) is 0. The summed E-state index contributed by atoms with van der Waals surface area (Å²) in [6.45, 7) is 7.15. The molecule has 44 heavy (non-hydrogen) atoms. The number of pyridine rings is 1. The van der Waals surface area contributed by atoms with Gasteiger partial charge < -0.3 is 23.5 Å². The molecule has 1 unspecified atom stereocenters. The minimum atomic E-state index is -0.723. The van der Waals surface area contributed by atoms with E-state index in [1.54, 1.807) is 19.4 Å². The summed E-state index contributed by atoms with van der Waals surface area (Å²) in [7, 11) is 2.98. The van der Waals surface area contributed by atoms with Crippen molar-refractivity contribution in [2.75, 3.05) is 27.4 Å². The molecule has 0 aliphatic carbocycles. The summed E-state index contributed by atoms with van der Waals surface area (Å²) in [5, 5.41) is 0.591. The third-order valence-electron chi connectivity index (χ3n) is 9.14. The zero-order chi connectivity index (χ0) is 30.6. The van der Waals surface area contributed by atoms with E-state index in [1.165, 1.54) is 18.2 Å². The van der Waals surface area contributed by atoms with Gasteiger partial charge in [0.15, 0.2) is 5.60 Å². The van der Waals surface area contributed by atoms with Crippen LogP contribution in [0, 0.1) is 0 Å². The zero-order valence-electron chi connectivity index (χ0n) is 25.3. The molecule has 228 valence electrons. The number of hydrogen-bond acceptors (Lipinski definition) is 8. The van der Waals surface area contributed by atoms with Crippen molar-refractivity contribution in [3.05, 3.63) is 87.5 Å². The van der Waals surface area contributed by atoms with Crippen molar-refractivity contribution in [3.63, 3.8) is 0 Å². The SMILES string of the molecule is COC(=O)c1cc(OC)c2nc(CN3CCc4ccc5c(c4C3C)O[C@@](C)(c3ccc(Cl)cn3)C=C5)n(C[C@@H]3CCO3)c2c1. The maximum atomic E-state index is 12.5. The van der Waals surface area contributed by atoms with E-state index in [0.717, 1.165) is 59.9 Å². The largest absolute Gasteiger partial charge is 0.494 e. The first-order chi connectivity index (χ1) is 21.3. The summed E-state index contributed by atoms with van der Waals surface area (Å²) in [5.41, 5.74) is 5.58. The van der Waals surface area contributed by atoms with Gasteiger partial charge in [0, 0.05) is 36.5 Å². The molecule has 1 saturated heterocycles. The van der Waals surface area contributed by atoms with Crippen molar-refractivity contribution in [2.24, 2.45) is 0 Å². The van der Waals surface area contributed by atoms with E-state index in [9.17, 15) is 4.79 Å². The Morgan fingerprint density at radius 2 is 2.05 bits per heavy atom. The standard InChI is InChI=1S/C34H35ClN4O5/c1-20-30-21(5-6-22-9-12-34(2,44-32(22)30)28-8-7-24(35)17-36-28)10-13-38(20)19-29-37-31-26(39(29)18-25-11-14-43-25)15-23(33(40)42-4)16-27(31)41-3/h5-9,12,15-17,20,25H,10-11,13-14,18-19H2,1-4H3/t20?,25-,34+/m0/s1. The quantitative estimate of drug-likeness (QED) is 0.231. The van der Waals surface area contributed by atoms with Gasteiger partial charge in [0.05, 0.1) is 55.2 Å². The van der Waals surface area contributed by atoms with Gasteiger partial charge in [-0.05, 0) is 62.6 Å². The monoisotopic (exact) mass is 614 g/mol.